The first-order valence-electron chi connectivity index (χ1n) is 5.97. The lowest BCUT2D eigenvalue weighted by Crippen LogP contribution is -2.24. The van der Waals surface area contributed by atoms with Gasteiger partial charge in [0.1, 0.15) is 0 Å². The second-order valence-corrected chi connectivity index (χ2v) is 4.97. The van der Waals surface area contributed by atoms with Gasteiger partial charge in [-0.25, -0.2) is 9.97 Å². The number of carbonyl (C=O) groups is 1. The van der Waals surface area contributed by atoms with Gasteiger partial charge in [0.05, 0.1) is 5.75 Å². The molecule has 98 valence electrons. The summed E-state index contributed by atoms with van der Waals surface area (Å²) >= 11 is 1.34. The fourth-order valence-electron chi connectivity index (χ4n) is 1.47. The molecule has 0 saturated heterocycles. The third-order valence-corrected chi connectivity index (χ3v) is 3.30. The Labute approximate surface area is 116 Å². The molecule has 1 N–H and O–H groups in total. The molecule has 1 aromatic heterocycles. The number of thioether (sulfide) groups is 1. The van der Waals surface area contributed by atoms with Crippen LogP contribution < -0.4 is 5.32 Å². The number of rotatable bonds is 5. The van der Waals surface area contributed by atoms with Gasteiger partial charge in [0.2, 0.25) is 5.91 Å². The molecular formula is C14H15N3OS. The van der Waals surface area contributed by atoms with Crippen LogP contribution in [-0.4, -0.2) is 21.6 Å². The minimum Gasteiger partial charge on any atom is -0.351 e. The lowest BCUT2D eigenvalue weighted by molar-refractivity contribution is -0.118. The van der Waals surface area contributed by atoms with Crippen molar-refractivity contribution in [1.29, 1.82) is 0 Å². The number of nitrogens with zero attached hydrogens (tertiary/aromatic N) is 2. The van der Waals surface area contributed by atoms with Crippen molar-refractivity contribution in [2.45, 2.75) is 18.6 Å². The number of hydrogen-bond acceptors (Lipinski definition) is 4. The number of carbonyl (C=O) groups excluding carboxylic acids is 1. The van der Waals surface area contributed by atoms with Crippen LogP contribution in [0.3, 0.4) is 0 Å². The van der Waals surface area contributed by atoms with E-state index in [1.165, 1.54) is 11.8 Å². The fourth-order valence-corrected chi connectivity index (χ4v) is 2.18. The molecule has 1 heterocycles. The van der Waals surface area contributed by atoms with Gasteiger partial charge in [-0.15, -0.1) is 0 Å². The molecule has 0 aliphatic heterocycles. The molecule has 0 spiro atoms. The van der Waals surface area contributed by atoms with Crippen molar-refractivity contribution in [2.75, 3.05) is 5.75 Å². The number of aryl methyl sites for hydroxylation is 1. The molecule has 4 nitrogen and oxygen atoms in total. The van der Waals surface area contributed by atoms with Gasteiger partial charge in [-0.05, 0) is 18.6 Å². The zero-order chi connectivity index (χ0) is 13.5. The maximum absolute atomic E-state index is 11.7. The summed E-state index contributed by atoms with van der Waals surface area (Å²) < 4.78 is 0. The predicted octanol–water partition coefficient (Wildman–Crippen LogP) is 2.19. The quantitative estimate of drug-likeness (QED) is 0.670. The largest absolute Gasteiger partial charge is 0.351 e. The lowest BCUT2D eigenvalue weighted by Gasteiger charge is -2.04. The van der Waals surface area contributed by atoms with Gasteiger partial charge in [-0.3, -0.25) is 4.79 Å². The minimum atomic E-state index is -0.0149. The predicted molar refractivity (Wildman–Crippen MR) is 75.8 cm³/mol. The summed E-state index contributed by atoms with van der Waals surface area (Å²) in [6.07, 6.45) is 1.70. The molecule has 2 rings (SSSR count). The van der Waals surface area contributed by atoms with Crippen molar-refractivity contribution in [3.8, 4) is 0 Å². The normalized spacial score (nSPS) is 10.2. The third-order valence-electron chi connectivity index (χ3n) is 2.44. The molecule has 5 heteroatoms. The van der Waals surface area contributed by atoms with E-state index in [9.17, 15) is 4.79 Å². The zero-order valence-corrected chi connectivity index (χ0v) is 11.5. The van der Waals surface area contributed by atoms with E-state index < -0.39 is 0 Å². The second-order valence-electron chi connectivity index (χ2n) is 4.03. The molecule has 0 radical (unpaired) electrons. The number of benzene rings is 1. The van der Waals surface area contributed by atoms with Crippen molar-refractivity contribution >= 4 is 17.7 Å². The van der Waals surface area contributed by atoms with Crippen molar-refractivity contribution in [1.82, 2.24) is 15.3 Å². The summed E-state index contributed by atoms with van der Waals surface area (Å²) in [5.41, 5.74) is 2.00. The van der Waals surface area contributed by atoms with E-state index in [1.807, 2.05) is 43.3 Å². The van der Waals surface area contributed by atoms with Gasteiger partial charge < -0.3 is 5.32 Å². The fraction of sp³-hybridized carbons (Fsp3) is 0.214. The number of amides is 1. The van der Waals surface area contributed by atoms with E-state index in [1.54, 1.807) is 6.20 Å². The highest BCUT2D eigenvalue weighted by molar-refractivity contribution is 7.99. The second kappa shape index (κ2) is 6.89. The van der Waals surface area contributed by atoms with Crippen molar-refractivity contribution in [3.05, 3.63) is 53.9 Å². The molecule has 1 amide bonds. The maximum Gasteiger partial charge on any atom is 0.230 e. The molecule has 0 bridgehead atoms. The zero-order valence-electron chi connectivity index (χ0n) is 10.7. The van der Waals surface area contributed by atoms with Crippen molar-refractivity contribution < 1.29 is 4.79 Å². The molecule has 2 aromatic rings. The Morgan fingerprint density at radius 3 is 2.79 bits per heavy atom. The van der Waals surface area contributed by atoms with Crippen LogP contribution in [0.25, 0.3) is 0 Å². The summed E-state index contributed by atoms with van der Waals surface area (Å²) in [6, 6.07) is 11.7. The van der Waals surface area contributed by atoms with E-state index in [2.05, 4.69) is 15.3 Å². The Morgan fingerprint density at radius 1 is 1.26 bits per heavy atom. The summed E-state index contributed by atoms with van der Waals surface area (Å²) in [7, 11) is 0. The van der Waals surface area contributed by atoms with Crippen LogP contribution in [0.5, 0.6) is 0 Å². The molecule has 0 unspecified atom stereocenters. The smallest absolute Gasteiger partial charge is 0.230 e. The molecule has 1 aromatic carbocycles. The van der Waals surface area contributed by atoms with Gasteiger partial charge in [-0.2, -0.15) is 0 Å². The number of nitrogens with one attached hydrogen (secondary N) is 1. The molecule has 0 atom stereocenters. The molecule has 0 aliphatic rings. The molecule has 0 aliphatic carbocycles. The summed E-state index contributed by atoms with van der Waals surface area (Å²) in [5.74, 6) is 0.315. The van der Waals surface area contributed by atoms with E-state index in [-0.39, 0.29) is 5.91 Å². The molecule has 0 fully saturated rings. The highest BCUT2D eigenvalue weighted by Gasteiger charge is 2.04. The van der Waals surface area contributed by atoms with E-state index in [0.717, 1.165) is 11.3 Å². The van der Waals surface area contributed by atoms with E-state index >= 15 is 0 Å². The number of aromatic nitrogens is 2. The van der Waals surface area contributed by atoms with Crippen LogP contribution >= 0.6 is 11.8 Å². The van der Waals surface area contributed by atoms with Crippen LogP contribution in [0.1, 0.15) is 11.3 Å². The molecular weight excluding hydrogens is 258 g/mol. The highest BCUT2D eigenvalue weighted by Crippen LogP contribution is 2.11. The van der Waals surface area contributed by atoms with Gasteiger partial charge in [-0.1, -0.05) is 42.1 Å². The van der Waals surface area contributed by atoms with Gasteiger partial charge in [0, 0.05) is 18.4 Å². The molecule has 19 heavy (non-hydrogen) atoms. The highest BCUT2D eigenvalue weighted by atomic mass is 32.2. The van der Waals surface area contributed by atoms with Crippen LogP contribution in [0.4, 0.5) is 0 Å². The summed E-state index contributed by atoms with van der Waals surface area (Å²) in [4.78, 5) is 20.0. The van der Waals surface area contributed by atoms with Crippen LogP contribution in [0.2, 0.25) is 0 Å². The first-order valence-corrected chi connectivity index (χ1v) is 6.95. The SMILES string of the molecule is Cc1ccnc(SCC(=O)NCc2ccccc2)n1. The summed E-state index contributed by atoms with van der Waals surface area (Å²) in [5, 5.41) is 3.50. The summed E-state index contributed by atoms with van der Waals surface area (Å²) in [6.45, 7) is 2.45. The average molecular weight is 273 g/mol. The Hall–Kier alpha value is -1.88. The Bertz CT molecular complexity index is 545. The average Bonchev–Trinajstić information content (AvgIpc) is 2.44. The van der Waals surface area contributed by atoms with E-state index in [0.29, 0.717) is 17.5 Å². The van der Waals surface area contributed by atoms with Crippen molar-refractivity contribution in [3.63, 3.8) is 0 Å². The van der Waals surface area contributed by atoms with Crippen LogP contribution in [0.15, 0.2) is 47.8 Å². The van der Waals surface area contributed by atoms with E-state index in [4.69, 9.17) is 0 Å². The lowest BCUT2D eigenvalue weighted by atomic mass is 10.2. The maximum atomic E-state index is 11.7. The molecule has 0 saturated carbocycles. The first kappa shape index (κ1) is 13.5. The third kappa shape index (κ3) is 4.71. The van der Waals surface area contributed by atoms with Crippen molar-refractivity contribution in [2.24, 2.45) is 0 Å². The topological polar surface area (TPSA) is 54.9 Å². The Kier molecular flexibility index (Phi) is 4.92. The standard InChI is InChI=1S/C14H15N3OS/c1-11-7-8-15-14(17-11)19-10-13(18)16-9-12-5-3-2-4-6-12/h2-8H,9-10H2,1H3,(H,16,18). The Morgan fingerprint density at radius 2 is 2.05 bits per heavy atom. The first-order chi connectivity index (χ1) is 9.24. The van der Waals surface area contributed by atoms with Crippen LogP contribution in [-0.2, 0) is 11.3 Å². The monoisotopic (exact) mass is 273 g/mol. The minimum absolute atomic E-state index is 0.0149. The Balaban J connectivity index is 1.76. The van der Waals surface area contributed by atoms with Gasteiger partial charge in [0.15, 0.2) is 5.16 Å². The van der Waals surface area contributed by atoms with Gasteiger partial charge >= 0.3 is 0 Å². The van der Waals surface area contributed by atoms with Gasteiger partial charge in [0.25, 0.3) is 0 Å². The van der Waals surface area contributed by atoms with Crippen LogP contribution in [0, 0.1) is 6.92 Å². The number of hydrogen-bond donors (Lipinski definition) is 1.